The number of carboxylic acids is 1. The van der Waals surface area contributed by atoms with Crippen molar-refractivity contribution in [1.82, 2.24) is 0 Å². The molecule has 1 unspecified atom stereocenters. The Morgan fingerprint density at radius 3 is 2.33 bits per heavy atom. The van der Waals surface area contributed by atoms with Crippen molar-refractivity contribution >= 4 is 24.3 Å². The molecule has 223 valence electrons. The molecule has 3 aromatic carbocycles. The number of benzene rings is 3. The minimum absolute atomic E-state index is 0.0212. The van der Waals surface area contributed by atoms with Gasteiger partial charge in [0.25, 0.3) is 0 Å². The molecule has 1 heterocycles. The van der Waals surface area contributed by atoms with Crippen molar-refractivity contribution in [3.63, 3.8) is 0 Å². The van der Waals surface area contributed by atoms with Gasteiger partial charge in [0.2, 0.25) is 0 Å². The number of carbonyl (C=O) groups is 1. The van der Waals surface area contributed by atoms with Crippen LogP contribution in [0.25, 0.3) is 5.57 Å². The third kappa shape index (κ3) is 9.09. The minimum atomic E-state index is -0.916. The fourth-order valence-electron chi connectivity index (χ4n) is 5.03. The predicted molar refractivity (Wildman–Crippen MR) is 181 cm³/mol. The molecule has 1 atom stereocenters. The number of aryl methyl sites for hydroxylation is 2. The van der Waals surface area contributed by atoms with Crippen LogP contribution in [0.3, 0.4) is 0 Å². The number of rotatable bonds is 8. The lowest BCUT2D eigenvalue weighted by atomic mass is 9.56. The van der Waals surface area contributed by atoms with Crippen LogP contribution in [0.5, 0.6) is 5.75 Å². The average Bonchev–Trinajstić information content (AvgIpc) is 3.03. The van der Waals surface area contributed by atoms with Crippen molar-refractivity contribution in [2.24, 2.45) is 0 Å². The fourth-order valence-corrected chi connectivity index (χ4v) is 5.03. The van der Waals surface area contributed by atoms with Crippen LogP contribution >= 0.6 is 0 Å². The van der Waals surface area contributed by atoms with Gasteiger partial charge in [0.05, 0.1) is 17.2 Å². The van der Waals surface area contributed by atoms with Crippen molar-refractivity contribution in [3.05, 3.63) is 124 Å². The van der Waals surface area contributed by atoms with Crippen molar-refractivity contribution in [2.45, 2.75) is 80.5 Å². The van der Waals surface area contributed by atoms with E-state index < -0.39 is 5.97 Å². The molecule has 1 radical (unpaired) electrons. The number of carboxylic acid groups (broad SMARTS) is 1. The van der Waals surface area contributed by atoms with Gasteiger partial charge < -0.3 is 9.84 Å². The summed E-state index contributed by atoms with van der Waals surface area (Å²) < 4.78 is 6.49. The van der Waals surface area contributed by atoms with Gasteiger partial charge in [-0.15, -0.1) is 0 Å². The van der Waals surface area contributed by atoms with Gasteiger partial charge in [0, 0.05) is 5.56 Å². The zero-order valence-electron chi connectivity index (χ0n) is 27.0. The zero-order chi connectivity index (χ0) is 31.9. The molecule has 0 bridgehead atoms. The second-order valence-electron chi connectivity index (χ2n) is 10.0. The van der Waals surface area contributed by atoms with E-state index >= 15 is 0 Å². The van der Waals surface area contributed by atoms with Crippen LogP contribution < -0.4 is 10.2 Å². The first-order valence-corrected chi connectivity index (χ1v) is 15.3. The maximum absolute atomic E-state index is 11.7. The second-order valence-corrected chi connectivity index (χ2v) is 10.0. The van der Waals surface area contributed by atoms with Gasteiger partial charge in [-0.1, -0.05) is 102 Å². The number of hydrogen-bond acceptors (Lipinski definition) is 3. The van der Waals surface area contributed by atoms with E-state index in [1.54, 1.807) is 12.1 Å². The van der Waals surface area contributed by atoms with E-state index in [9.17, 15) is 9.90 Å². The highest BCUT2D eigenvalue weighted by Gasteiger charge is 2.25. The van der Waals surface area contributed by atoms with Crippen LogP contribution in [0.4, 0.5) is 0 Å². The largest absolute Gasteiger partial charge is 0.478 e. The van der Waals surface area contributed by atoms with E-state index in [-0.39, 0.29) is 5.82 Å². The number of nitrogens with zero attached hydrogens (tertiary/aromatic N) is 1. The minimum Gasteiger partial charge on any atom is -0.478 e. The number of fused-ring (bicyclic) bond motifs is 1. The number of hydrogen-bond donors (Lipinski definition) is 1. The molecule has 0 amide bonds. The molecular formula is C38H45BNO3. The molecule has 1 aliphatic rings. The van der Waals surface area contributed by atoms with E-state index in [1.165, 1.54) is 11.1 Å². The zero-order valence-corrected chi connectivity index (χ0v) is 27.0. The normalized spacial score (nSPS) is 13.5. The first kappa shape index (κ1) is 34.9. The van der Waals surface area contributed by atoms with Gasteiger partial charge in [0.1, 0.15) is 11.5 Å². The van der Waals surface area contributed by atoms with E-state index in [0.717, 1.165) is 64.1 Å². The quantitative estimate of drug-likeness (QED) is 0.272. The highest BCUT2D eigenvalue weighted by atomic mass is 16.5. The summed E-state index contributed by atoms with van der Waals surface area (Å²) in [6.07, 6.45) is 9.25. The monoisotopic (exact) mass is 574 g/mol. The Morgan fingerprint density at radius 2 is 1.74 bits per heavy atom. The van der Waals surface area contributed by atoms with Crippen molar-refractivity contribution in [2.75, 3.05) is 0 Å². The Morgan fingerprint density at radius 1 is 1.07 bits per heavy atom. The molecule has 0 aliphatic carbocycles. The molecule has 4 rings (SSSR count). The molecule has 0 saturated carbocycles. The predicted octanol–water partition coefficient (Wildman–Crippen LogP) is 9.36. The fraction of sp³-hybridized carbons (Fsp3) is 0.316. The summed E-state index contributed by atoms with van der Waals surface area (Å²) in [5.74, 6) is 0.820. The summed E-state index contributed by atoms with van der Waals surface area (Å²) >= 11 is 0. The number of aromatic carboxylic acids is 1. The lowest BCUT2D eigenvalue weighted by Gasteiger charge is -2.27. The third-order valence-corrected chi connectivity index (χ3v) is 7.17. The molecule has 1 aliphatic heterocycles. The molecule has 5 heteroatoms. The lowest BCUT2D eigenvalue weighted by molar-refractivity contribution is 0.0698. The molecule has 0 saturated heterocycles. The van der Waals surface area contributed by atoms with Gasteiger partial charge in [-0.3, -0.25) is 0 Å². The van der Waals surface area contributed by atoms with Crippen LogP contribution in [0.1, 0.15) is 105 Å². The molecule has 0 aromatic heterocycles. The lowest BCUT2D eigenvalue weighted by Crippen LogP contribution is -2.27. The highest BCUT2D eigenvalue weighted by Crippen LogP contribution is 2.42. The van der Waals surface area contributed by atoms with E-state index in [2.05, 4.69) is 71.0 Å². The van der Waals surface area contributed by atoms with Crippen LogP contribution in [0.2, 0.25) is 0 Å². The maximum atomic E-state index is 11.7. The molecular weight excluding hydrogens is 529 g/mol. The second kappa shape index (κ2) is 17.6. The first-order chi connectivity index (χ1) is 20.8. The molecule has 1 N–H and O–H groups in total. The van der Waals surface area contributed by atoms with Crippen LogP contribution in [0, 0.1) is 18.3 Å². The van der Waals surface area contributed by atoms with Gasteiger partial charge >= 0.3 is 5.97 Å². The maximum Gasteiger partial charge on any atom is 0.335 e. The van der Waals surface area contributed by atoms with Crippen molar-refractivity contribution < 1.29 is 14.6 Å². The highest BCUT2D eigenvalue weighted by molar-refractivity contribution is 6.56. The SMILES string of the molecule is C/C=C(\CC)C1=C/C(=C/CC)c2cc(C)cc(C(C)[B]c3ccccc3C(=O)O)c2O1.CC.CCc1ccccc1C#N. The molecule has 43 heavy (non-hydrogen) atoms. The Labute approximate surface area is 259 Å². The van der Waals surface area contributed by atoms with Gasteiger partial charge in [-0.05, 0) is 91.0 Å². The summed E-state index contributed by atoms with van der Waals surface area (Å²) in [4.78, 5) is 11.7. The summed E-state index contributed by atoms with van der Waals surface area (Å²) in [7, 11) is 2.01. The number of nitriles is 1. The smallest absolute Gasteiger partial charge is 0.335 e. The van der Waals surface area contributed by atoms with Crippen molar-refractivity contribution in [3.8, 4) is 11.8 Å². The van der Waals surface area contributed by atoms with Crippen LogP contribution in [-0.2, 0) is 6.42 Å². The average molecular weight is 575 g/mol. The molecule has 0 spiro atoms. The van der Waals surface area contributed by atoms with E-state index in [0.29, 0.717) is 5.56 Å². The van der Waals surface area contributed by atoms with Gasteiger partial charge in [-0.2, -0.15) is 5.26 Å². The summed E-state index contributed by atoms with van der Waals surface area (Å²) in [6, 6.07) is 21.3. The van der Waals surface area contributed by atoms with Crippen LogP contribution in [-0.4, -0.2) is 18.4 Å². The third-order valence-electron chi connectivity index (χ3n) is 7.17. The Balaban J connectivity index is 0.000000451. The van der Waals surface area contributed by atoms with Crippen LogP contribution in [0.15, 0.2) is 90.2 Å². The topological polar surface area (TPSA) is 70.3 Å². The Hall–Kier alpha value is -4.30. The van der Waals surface area contributed by atoms with E-state index in [1.807, 2.05) is 64.4 Å². The summed E-state index contributed by atoms with van der Waals surface area (Å²) in [5.41, 5.74) is 8.62. The molecule has 0 fully saturated rings. The number of allylic oxidation sites excluding steroid dienone is 5. The van der Waals surface area contributed by atoms with Gasteiger partial charge in [0.15, 0.2) is 7.28 Å². The Kier molecular flexibility index (Phi) is 14.3. The first-order valence-electron chi connectivity index (χ1n) is 15.3. The standard InChI is InChI=1S/C27H30BO3.C9H9N.C2H6/c1-6-11-20-16-25(19(7-2)8-3)31-26-22(14-17(4)15-23(20)26)18(5)28-24-13-10-9-12-21(24)27(29)30;1-2-8-5-3-4-6-9(8)7-10;1-2/h7,9-16,18H,6,8H2,1-5H3,(H,29,30);3-6H,2H2,1H3;1-2H3/b19-7+,20-11-;;. The molecule has 4 nitrogen and oxygen atoms in total. The summed E-state index contributed by atoms with van der Waals surface area (Å²) in [6.45, 7) is 16.5. The number of ether oxygens (including phenoxy) is 1. The van der Waals surface area contributed by atoms with E-state index in [4.69, 9.17) is 10.00 Å². The Bertz CT molecular complexity index is 1520. The molecule has 3 aromatic rings. The van der Waals surface area contributed by atoms with Gasteiger partial charge in [-0.25, -0.2) is 4.79 Å². The van der Waals surface area contributed by atoms with Crippen molar-refractivity contribution in [1.29, 1.82) is 5.26 Å². The summed E-state index contributed by atoms with van der Waals surface area (Å²) in [5, 5.41) is 18.2.